The minimum Gasteiger partial charge on any atom is -0.486 e. The second-order valence-electron chi connectivity index (χ2n) is 4.80. The summed E-state index contributed by atoms with van der Waals surface area (Å²) in [6.07, 6.45) is 2.23. The van der Waals surface area contributed by atoms with Gasteiger partial charge in [0.05, 0.1) is 18.2 Å². The molecule has 0 unspecified atom stereocenters. The van der Waals surface area contributed by atoms with Gasteiger partial charge in [-0.3, -0.25) is 0 Å². The van der Waals surface area contributed by atoms with Crippen molar-refractivity contribution < 1.29 is 14.3 Å². The molecule has 0 radical (unpaired) electrons. The molecule has 0 bridgehead atoms. The Hall–Kier alpha value is -2.44. The molecule has 1 aliphatic carbocycles. The number of carbonyl (C=O) groups is 1. The van der Waals surface area contributed by atoms with E-state index in [1.165, 1.54) is 0 Å². The molecule has 0 atom stereocenters. The average molecular weight is 288 g/mol. The van der Waals surface area contributed by atoms with Gasteiger partial charge in [-0.1, -0.05) is 0 Å². The highest BCUT2D eigenvalue weighted by atomic mass is 16.5. The van der Waals surface area contributed by atoms with Crippen LogP contribution in [0.5, 0.6) is 5.75 Å². The van der Waals surface area contributed by atoms with E-state index in [9.17, 15) is 4.79 Å². The Kier molecular flexibility index (Phi) is 3.81. The first-order valence-corrected chi connectivity index (χ1v) is 6.94. The zero-order valence-electron chi connectivity index (χ0n) is 11.7. The molecule has 1 aromatic heterocycles. The Morgan fingerprint density at radius 3 is 2.76 bits per heavy atom. The van der Waals surface area contributed by atoms with E-state index < -0.39 is 0 Å². The normalized spacial score (nSPS) is 14.0. The van der Waals surface area contributed by atoms with Crippen LogP contribution in [0, 0.1) is 0 Å². The first-order valence-electron chi connectivity index (χ1n) is 6.94. The molecule has 0 aliphatic heterocycles. The van der Waals surface area contributed by atoms with Gasteiger partial charge in [0.25, 0.3) is 0 Å². The summed E-state index contributed by atoms with van der Waals surface area (Å²) in [6.45, 7) is 2.45. The molecule has 7 nitrogen and oxygen atoms in total. The molecular weight excluding hydrogens is 272 g/mol. The van der Waals surface area contributed by atoms with E-state index in [1.54, 1.807) is 31.2 Å². The molecular formula is C14H16N4O3. The number of nitrogens with zero attached hydrogens (tertiary/aromatic N) is 4. The van der Waals surface area contributed by atoms with E-state index in [0.29, 0.717) is 36.4 Å². The van der Waals surface area contributed by atoms with E-state index in [1.807, 2.05) is 4.68 Å². The fourth-order valence-electron chi connectivity index (χ4n) is 1.96. The molecule has 7 heteroatoms. The minimum atomic E-state index is -0.332. The molecule has 1 fully saturated rings. The van der Waals surface area contributed by atoms with Gasteiger partial charge in [0.2, 0.25) is 0 Å². The average Bonchev–Trinajstić information content (AvgIpc) is 3.24. The van der Waals surface area contributed by atoms with Crippen molar-refractivity contribution in [3.63, 3.8) is 0 Å². The van der Waals surface area contributed by atoms with E-state index >= 15 is 0 Å². The first-order chi connectivity index (χ1) is 10.3. The predicted octanol–water partition coefficient (Wildman–Crippen LogP) is 1.76. The molecule has 1 aliphatic rings. The third-order valence-corrected chi connectivity index (χ3v) is 3.19. The number of tetrazole rings is 1. The molecule has 0 amide bonds. The highest BCUT2D eigenvalue weighted by molar-refractivity contribution is 5.89. The molecule has 3 rings (SSSR count). The van der Waals surface area contributed by atoms with E-state index in [2.05, 4.69) is 15.5 Å². The standard InChI is InChI=1S/C14H16N4O3/c1-2-20-14(19)10-3-7-12(8-4-10)21-9-13-15-16-17-18(13)11-5-6-11/h3-4,7-8,11H,2,5-6,9H2,1H3. The second kappa shape index (κ2) is 5.90. The van der Waals surface area contributed by atoms with Crippen LogP contribution in [0.3, 0.4) is 0 Å². The number of rotatable bonds is 6. The van der Waals surface area contributed by atoms with Gasteiger partial charge >= 0.3 is 5.97 Å². The first kappa shape index (κ1) is 13.5. The summed E-state index contributed by atoms with van der Waals surface area (Å²) in [5.41, 5.74) is 0.506. The van der Waals surface area contributed by atoms with Crippen molar-refractivity contribution >= 4 is 5.97 Å². The van der Waals surface area contributed by atoms with Gasteiger partial charge in [-0.15, -0.1) is 5.10 Å². The van der Waals surface area contributed by atoms with Crippen LogP contribution in [0.15, 0.2) is 24.3 Å². The quantitative estimate of drug-likeness (QED) is 0.754. The van der Waals surface area contributed by atoms with Gasteiger partial charge in [-0.2, -0.15) is 0 Å². The van der Waals surface area contributed by atoms with Gasteiger partial charge < -0.3 is 9.47 Å². The highest BCUT2D eigenvalue weighted by Gasteiger charge is 2.27. The van der Waals surface area contributed by atoms with Gasteiger partial charge in [0.15, 0.2) is 5.82 Å². The van der Waals surface area contributed by atoms with Crippen LogP contribution in [0.25, 0.3) is 0 Å². The van der Waals surface area contributed by atoms with Crippen molar-refractivity contribution in [1.29, 1.82) is 0 Å². The summed E-state index contributed by atoms with van der Waals surface area (Å²) in [6, 6.07) is 7.24. The number of hydrogen-bond donors (Lipinski definition) is 0. The largest absolute Gasteiger partial charge is 0.486 e. The molecule has 0 saturated heterocycles. The third-order valence-electron chi connectivity index (χ3n) is 3.19. The number of ether oxygens (including phenoxy) is 2. The fraction of sp³-hybridized carbons (Fsp3) is 0.429. The van der Waals surface area contributed by atoms with Crippen molar-refractivity contribution in [2.24, 2.45) is 0 Å². The monoisotopic (exact) mass is 288 g/mol. The van der Waals surface area contributed by atoms with Crippen LogP contribution in [0.4, 0.5) is 0 Å². The zero-order chi connectivity index (χ0) is 14.7. The maximum atomic E-state index is 11.5. The van der Waals surface area contributed by atoms with Crippen molar-refractivity contribution in [1.82, 2.24) is 20.2 Å². The maximum absolute atomic E-state index is 11.5. The summed E-state index contributed by atoms with van der Waals surface area (Å²) in [4.78, 5) is 11.5. The Morgan fingerprint density at radius 1 is 1.33 bits per heavy atom. The Balaban J connectivity index is 1.60. The number of aromatic nitrogens is 4. The fourth-order valence-corrected chi connectivity index (χ4v) is 1.96. The lowest BCUT2D eigenvalue weighted by Crippen LogP contribution is -2.07. The number of hydrogen-bond acceptors (Lipinski definition) is 6. The predicted molar refractivity (Wildman–Crippen MR) is 72.8 cm³/mol. The zero-order valence-corrected chi connectivity index (χ0v) is 11.7. The van der Waals surface area contributed by atoms with Crippen LogP contribution in [-0.4, -0.2) is 32.8 Å². The molecule has 1 heterocycles. The smallest absolute Gasteiger partial charge is 0.338 e. The summed E-state index contributed by atoms with van der Waals surface area (Å²) < 4.78 is 12.4. The van der Waals surface area contributed by atoms with E-state index in [-0.39, 0.29) is 5.97 Å². The highest BCUT2D eigenvalue weighted by Crippen LogP contribution is 2.34. The Morgan fingerprint density at radius 2 is 2.10 bits per heavy atom. The third kappa shape index (κ3) is 3.18. The molecule has 110 valence electrons. The Labute approximate surface area is 121 Å². The molecule has 2 aromatic rings. The van der Waals surface area contributed by atoms with E-state index in [0.717, 1.165) is 12.8 Å². The topological polar surface area (TPSA) is 79.1 Å². The van der Waals surface area contributed by atoms with Gasteiger partial charge in [-0.05, 0) is 54.5 Å². The van der Waals surface area contributed by atoms with Crippen LogP contribution >= 0.6 is 0 Å². The Bertz CT molecular complexity index is 619. The molecule has 21 heavy (non-hydrogen) atoms. The van der Waals surface area contributed by atoms with Crippen molar-refractivity contribution in [2.45, 2.75) is 32.4 Å². The van der Waals surface area contributed by atoms with Crippen LogP contribution in [0.1, 0.15) is 42.0 Å². The lowest BCUT2D eigenvalue weighted by atomic mass is 10.2. The number of benzene rings is 1. The lowest BCUT2D eigenvalue weighted by Gasteiger charge is -2.07. The molecule has 0 spiro atoms. The number of esters is 1. The summed E-state index contributed by atoms with van der Waals surface area (Å²) in [7, 11) is 0. The van der Waals surface area contributed by atoms with Gasteiger partial charge in [0.1, 0.15) is 12.4 Å². The van der Waals surface area contributed by atoms with Crippen LogP contribution < -0.4 is 4.74 Å². The van der Waals surface area contributed by atoms with Gasteiger partial charge in [-0.25, -0.2) is 9.48 Å². The van der Waals surface area contributed by atoms with Crippen LogP contribution in [-0.2, 0) is 11.3 Å². The van der Waals surface area contributed by atoms with Crippen molar-refractivity contribution in [2.75, 3.05) is 6.61 Å². The SMILES string of the molecule is CCOC(=O)c1ccc(OCc2nnnn2C2CC2)cc1. The minimum absolute atomic E-state index is 0.308. The number of carbonyl (C=O) groups excluding carboxylic acids is 1. The summed E-state index contributed by atoms with van der Waals surface area (Å²) >= 11 is 0. The summed E-state index contributed by atoms with van der Waals surface area (Å²) in [5, 5.41) is 11.6. The maximum Gasteiger partial charge on any atom is 0.338 e. The second-order valence-corrected chi connectivity index (χ2v) is 4.80. The lowest BCUT2D eigenvalue weighted by molar-refractivity contribution is 0.0526. The molecule has 0 N–H and O–H groups in total. The molecule has 1 aromatic carbocycles. The molecule has 1 saturated carbocycles. The van der Waals surface area contributed by atoms with Crippen molar-refractivity contribution in [3.8, 4) is 5.75 Å². The van der Waals surface area contributed by atoms with Gasteiger partial charge in [0, 0.05) is 0 Å². The van der Waals surface area contributed by atoms with Crippen LogP contribution in [0.2, 0.25) is 0 Å². The van der Waals surface area contributed by atoms with E-state index in [4.69, 9.17) is 9.47 Å². The van der Waals surface area contributed by atoms with Crippen molar-refractivity contribution in [3.05, 3.63) is 35.7 Å². The summed E-state index contributed by atoms with van der Waals surface area (Å²) in [5.74, 6) is 1.04.